The van der Waals surface area contributed by atoms with E-state index in [0.717, 1.165) is 18.9 Å². The van der Waals surface area contributed by atoms with Gasteiger partial charge in [-0.2, -0.15) is 0 Å². The molecule has 1 heteroatoms. The second kappa shape index (κ2) is 5.49. The van der Waals surface area contributed by atoms with E-state index in [1.807, 2.05) is 0 Å². The SMILES string of the molecule is CCNC(c1ccccc1CC)C1CCC1. The molecule has 0 spiro atoms. The highest BCUT2D eigenvalue weighted by molar-refractivity contribution is 5.31. The minimum absolute atomic E-state index is 0.593. The molecule has 88 valence electrons. The highest BCUT2D eigenvalue weighted by atomic mass is 14.9. The van der Waals surface area contributed by atoms with Crippen molar-refractivity contribution in [3.05, 3.63) is 35.4 Å². The molecule has 1 aliphatic carbocycles. The van der Waals surface area contributed by atoms with Crippen LogP contribution in [0.5, 0.6) is 0 Å². The Balaban J connectivity index is 2.22. The summed E-state index contributed by atoms with van der Waals surface area (Å²) in [6.07, 6.45) is 5.36. The molecule has 0 bridgehead atoms. The van der Waals surface area contributed by atoms with E-state index in [1.165, 1.54) is 30.4 Å². The van der Waals surface area contributed by atoms with Gasteiger partial charge in [-0.1, -0.05) is 44.5 Å². The fourth-order valence-corrected chi connectivity index (χ4v) is 2.68. The third-order valence-electron chi connectivity index (χ3n) is 3.82. The van der Waals surface area contributed by atoms with E-state index in [0.29, 0.717) is 6.04 Å². The van der Waals surface area contributed by atoms with Gasteiger partial charge in [0.1, 0.15) is 0 Å². The van der Waals surface area contributed by atoms with Crippen molar-refractivity contribution in [1.82, 2.24) is 5.32 Å². The van der Waals surface area contributed by atoms with Crippen LogP contribution in [-0.2, 0) is 6.42 Å². The number of nitrogens with one attached hydrogen (secondary N) is 1. The topological polar surface area (TPSA) is 12.0 Å². The lowest BCUT2D eigenvalue weighted by atomic mass is 9.76. The molecule has 0 aliphatic heterocycles. The third kappa shape index (κ3) is 2.30. The molecule has 1 aromatic rings. The van der Waals surface area contributed by atoms with Crippen molar-refractivity contribution in [3.63, 3.8) is 0 Å². The molecule has 16 heavy (non-hydrogen) atoms. The minimum atomic E-state index is 0.593. The number of rotatable bonds is 5. The van der Waals surface area contributed by atoms with Gasteiger partial charge in [0, 0.05) is 6.04 Å². The fourth-order valence-electron chi connectivity index (χ4n) is 2.68. The lowest BCUT2D eigenvalue weighted by molar-refractivity contribution is 0.232. The van der Waals surface area contributed by atoms with Crippen LogP contribution in [0.3, 0.4) is 0 Å². The first-order valence-electron chi connectivity index (χ1n) is 6.68. The highest BCUT2D eigenvalue weighted by Gasteiger charge is 2.28. The molecule has 0 heterocycles. The Morgan fingerprint density at radius 1 is 1.25 bits per heavy atom. The molecule has 1 unspecified atom stereocenters. The molecule has 1 N–H and O–H groups in total. The Bertz CT molecular complexity index is 328. The molecule has 0 saturated heterocycles. The maximum absolute atomic E-state index is 3.68. The Morgan fingerprint density at radius 3 is 2.56 bits per heavy atom. The van der Waals surface area contributed by atoms with E-state index in [2.05, 4.69) is 43.4 Å². The summed E-state index contributed by atoms with van der Waals surface area (Å²) in [6, 6.07) is 9.52. The van der Waals surface area contributed by atoms with Gasteiger partial charge >= 0.3 is 0 Å². The van der Waals surface area contributed by atoms with Crippen molar-refractivity contribution < 1.29 is 0 Å². The smallest absolute Gasteiger partial charge is 0.0351 e. The Labute approximate surface area is 99.3 Å². The fraction of sp³-hybridized carbons (Fsp3) is 0.600. The van der Waals surface area contributed by atoms with Crippen molar-refractivity contribution in [2.24, 2.45) is 5.92 Å². The summed E-state index contributed by atoms with van der Waals surface area (Å²) in [5.74, 6) is 0.868. The van der Waals surface area contributed by atoms with Gasteiger partial charge in [-0.05, 0) is 42.9 Å². The van der Waals surface area contributed by atoms with Crippen LogP contribution in [0.25, 0.3) is 0 Å². The van der Waals surface area contributed by atoms with E-state index >= 15 is 0 Å². The number of benzene rings is 1. The lowest BCUT2D eigenvalue weighted by Gasteiger charge is -2.35. The average Bonchev–Trinajstić information content (AvgIpc) is 2.26. The van der Waals surface area contributed by atoms with E-state index in [-0.39, 0.29) is 0 Å². The van der Waals surface area contributed by atoms with E-state index in [4.69, 9.17) is 0 Å². The van der Waals surface area contributed by atoms with Crippen LogP contribution < -0.4 is 5.32 Å². The van der Waals surface area contributed by atoms with Crippen LogP contribution in [0.2, 0.25) is 0 Å². The standard InChI is InChI=1S/C15H23N/c1-3-12-8-5-6-11-14(12)15(16-4-2)13-9-7-10-13/h5-6,8,11,13,15-16H,3-4,7,9-10H2,1-2H3. The average molecular weight is 217 g/mol. The summed E-state index contributed by atoms with van der Waals surface area (Å²) in [6.45, 7) is 5.53. The largest absolute Gasteiger partial charge is 0.310 e. The molecular weight excluding hydrogens is 194 g/mol. The molecule has 0 aromatic heterocycles. The van der Waals surface area contributed by atoms with Gasteiger partial charge in [-0.3, -0.25) is 0 Å². The molecule has 2 rings (SSSR count). The van der Waals surface area contributed by atoms with Gasteiger partial charge in [-0.15, -0.1) is 0 Å². The summed E-state index contributed by atoms with van der Waals surface area (Å²) in [4.78, 5) is 0. The quantitative estimate of drug-likeness (QED) is 0.793. The van der Waals surface area contributed by atoms with Crippen molar-refractivity contribution in [1.29, 1.82) is 0 Å². The lowest BCUT2D eigenvalue weighted by Crippen LogP contribution is -2.32. The molecule has 0 amide bonds. The minimum Gasteiger partial charge on any atom is -0.310 e. The molecule has 0 radical (unpaired) electrons. The van der Waals surface area contributed by atoms with E-state index in [1.54, 1.807) is 0 Å². The summed E-state index contributed by atoms with van der Waals surface area (Å²) >= 11 is 0. The van der Waals surface area contributed by atoms with Gasteiger partial charge in [0.25, 0.3) is 0 Å². The van der Waals surface area contributed by atoms with Crippen LogP contribution in [0.4, 0.5) is 0 Å². The first-order valence-corrected chi connectivity index (χ1v) is 6.68. The monoisotopic (exact) mass is 217 g/mol. The summed E-state index contributed by atoms with van der Waals surface area (Å²) in [5, 5.41) is 3.68. The van der Waals surface area contributed by atoms with Crippen molar-refractivity contribution in [3.8, 4) is 0 Å². The molecule has 1 fully saturated rings. The zero-order chi connectivity index (χ0) is 11.4. The Hall–Kier alpha value is -0.820. The van der Waals surface area contributed by atoms with Gasteiger partial charge in [0.05, 0.1) is 0 Å². The number of hydrogen-bond donors (Lipinski definition) is 1. The van der Waals surface area contributed by atoms with Gasteiger partial charge in [-0.25, -0.2) is 0 Å². The van der Waals surface area contributed by atoms with Crippen LogP contribution in [-0.4, -0.2) is 6.54 Å². The van der Waals surface area contributed by atoms with Crippen LogP contribution in [0.1, 0.15) is 50.3 Å². The van der Waals surface area contributed by atoms with Crippen LogP contribution in [0.15, 0.2) is 24.3 Å². The molecule has 1 saturated carbocycles. The Kier molecular flexibility index (Phi) is 4.00. The summed E-state index contributed by atoms with van der Waals surface area (Å²) in [7, 11) is 0. The second-order valence-electron chi connectivity index (χ2n) is 4.78. The predicted octanol–water partition coefficient (Wildman–Crippen LogP) is 3.70. The summed E-state index contributed by atoms with van der Waals surface area (Å²) in [5.41, 5.74) is 3.05. The third-order valence-corrected chi connectivity index (χ3v) is 3.82. The van der Waals surface area contributed by atoms with E-state index in [9.17, 15) is 0 Å². The first-order chi connectivity index (χ1) is 7.86. The zero-order valence-corrected chi connectivity index (χ0v) is 10.5. The van der Waals surface area contributed by atoms with Crippen molar-refractivity contribution in [2.45, 2.75) is 45.6 Å². The molecular formula is C15H23N. The number of hydrogen-bond acceptors (Lipinski definition) is 1. The second-order valence-corrected chi connectivity index (χ2v) is 4.78. The van der Waals surface area contributed by atoms with E-state index < -0.39 is 0 Å². The number of aryl methyl sites for hydroxylation is 1. The molecule has 1 aliphatic rings. The van der Waals surface area contributed by atoms with Gasteiger partial charge < -0.3 is 5.32 Å². The maximum Gasteiger partial charge on any atom is 0.0351 e. The highest BCUT2D eigenvalue weighted by Crippen LogP contribution is 2.38. The zero-order valence-electron chi connectivity index (χ0n) is 10.5. The summed E-state index contributed by atoms with van der Waals surface area (Å²) < 4.78 is 0. The normalized spacial score (nSPS) is 18.1. The molecule has 1 aromatic carbocycles. The van der Waals surface area contributed by atoms with Gasteiger partial charge in [0.2, 0.25) is 0 Å². The first kappa shape index (κ1) is 11.7. The maximum atomic E-state index is 3.68. The van der Waals surface area contributed by atoms with Crippen LogP contribution >= 0.6 is 0 Å². The van der Waals surface area contributed by atoms with Gasteiger partial charge in [0.15, 0.2) is 0 Å². The predicted molar refractivity (Wildman–Crippen MR) is 69.6 cm³/mol. The van der Waals surface area contributed by atoms with Crippen LogP contribution in [0, 0.1) is 5.92 Å². The molecule has 1 atom stereocenters. The Morgan fingerprint density at radius 2 is 2.00 bits per heavy atom. The van der Waals surface area contributed by atoms with Crippen molar-refractivity contribution in [2.75, 3.05) is 6.54 Å². The van der Waals surface area contributed by atoms with Crippen molar-refractivity contribution >= 4 is 0 Å². The molecule has 1 nitrogen and oxygen atoms in total.